The van der Waals surface area contributed by atoms with Gasteiger partial charge in [0.2, 0.25) is 11.8 Å². The molecule has 0 aromatic carbocycles. The number of carbonyl (C=O) groups is 4. The van der Waals surface area contributed by atoms with E-state index in [1.807, 2.05) is 27.7 Å². The third-order valence-electron chi connectivity index (χ3n) is 4.61. The second-order valence-corrected chi connectivity index (χ2v) is 9.22. The molecule has 0 bridgehead atoms. The first-order chi connectivity index (χ1) is 12.2. The maximum Gasteiger partial charge on any atom is 0.243 e. The number of rotatable bonds is 10. The molecule has 0 aliphatic rings. The molecule has 1 unspecified atom stereocenters. The Kier molecular flexibility index (Phi) is 9.90. The predicted octanol–water partition coefficient (Wildman–Crippen LogP) is 3.13. The molecule has 0 spiro atoms. The van der Waals surface area contributed by atoms with Crippen molar-refractivity contribution in [1.29, 1.82) is 0 Å². The van der Waals surface area contributed by atoms with Crippen molar-refractivity contribution < 1.29 is 19.2 Å². The number of unbranched alkanes of at least 4 members (excludes halogenated alkanes) is 1. The van der Waals surface area contributed by atoms with Crippen molar-refractivity contribution >= 4 is 23.4 Å². The molecule has 0 aromatic rings. The van der Waals surface area contributed by atoms with Gasteiger partial charge in [0.15, 0.2) is 0 Å². The molecule has 0 radical (unpaired) electrons. The third kappa shape index (κ3) is 9.16. The minimum Gasteiger partial charge on any atom is -0.354 e. The van der Waals surface area contributed by atoms with Crippen molar-refractivity contribution in [3.05, 3.63) is 0 Å². The topological polar surface area (TPSA) is 83.6 Å². The molecule has 0 rings (SSSR count). The van der Waals surface area contributed by atoms with Crippen LogP contribution in [-0.2, 0) is 19.2 Å². The van der Waals surface area contributed by atoms with E-state index in [2.05, 4.69) is 5.32 Å². The molecule has 0 saturated heterocycles. The SMILES string of the molecule is CCCCNC(=O)C(CC(=O)C(C)(C)C)N(C)C(=O)CCC(=O)C(C)(C)C. The van der Waals surface area contributed by atoms with E-state index in [9.17, 15) is 19.2 Å². The zero-order chi connectivity index (χ0) is 21.4. The Morgan fingerprint density at radius 2 is 1.41 bits per heavy atom. The molecule has 1 atom stereocenters. The molecule has 0 aromatic heterocycles. The lowest BCUT2D eigenvalue weighted by Gasteiger charge is -2.29. The first-order valence-corrected chi connectivity index (χ1v) is 9.81. The molecule has 27 heavy (non-hydrogen) atoms. The van der Waals surface area contributed by atoms with Crippen molar-refractivity contribution in [2.75, 3.05) is 13.6 Å². The summed E-state index contributed by atoms with van der Waals surface area (Å²) in [5, 5.41) is 2.81. The number of Topliss-reactive ketones (excluding diaryl/α,β-unsaturated/α-hetero) is 2. The van der Waals surface area contributed by atoms with E-state index in [4.69, 9.17) is 0 Å². The maximum atomic E-state index is 12.6. The van der Waals surface area contributed by atoms with E-state index in [-0.39, 0.29) is 42.6 Å². The number of hydrogen-bond acceptors (Lipinski definition) is 4. The monoisotopic (exact) mass is 382 g/mol. The summed E-state index contributed by atoms with van der Waals surface area (Å²) in [5.41, 5.74) is -1.09. The summed E-state index contributed by atoms with van der Waals surface area (Å²) in [4.78, 5) is 51.0. The lowest BCUT2D eigenvalue weighted by Crippen LogP contribution is -2.50. The minimum absolute atomic E-state index is 0.000958. The van der Waals surface area contributed by atoms with E-state index in [0.717, 1.165) is 12.8 Å². The quantitative estimate of drug-likeness (QED) is 0.588. The van der Waals surface area contributed by atoms with Gasteiger partial charge < -0.3 is 10.2 Å². The van der Waals surface area contributed by atoms with E-state index < -0.39 is 16.9 Å². The molecular weight excluding hydrogens is 344 g/mol. The number of ketones is 2. The molecule has 0 aliphatic heterocycles. The van der Waals surface area contributed by atoms with Gasteiger partial charge in [-0.15, -0.1) is 0 Å². The van der Waals surface area contributed by atoms with E-state index in [1.165, 1.54) is 11.9 Å². The number of nitrogens with one attached hydrogen (secondary N) is 1. The standard InChI is InChI=1S/C21H38N2O4/c1-9-10-13-22-19(27)15(14-17(25)21(5,6)7)23(8)18(26)12-11-16(24)20(2,3)4/h15H,9-14H2,1-8H3,(H,22,27). The van der Waals surface area contributed by atoms with E-state index in [1.54, 1.807) is 20.8 Å². The number of nitrogens with zero attached hydrogens (tertiary/aromatic N) is 1. The zero-order valence-corrected chi connectivity index (χ0v) is 18.4. The molecular formula is C21H38N2O4. The van der Waals surface area contributed by atoms with Gasteiger partial charge in [-0.05, 0) is 6.42 Å². The Labute approximate surface area is 164 Å². The van der Waals surface area contributed by atoms with Crippen molar-refractivity contribution in [1.82, 2.24) is 10.2 Å². The lowest BCUT2D eigenvalue weighted by molar-refractivity contribution is -0.142. The number of likely N-dealkylation sites (N-methyl/N-ethyl adjacent to an activating group) is 1. The second-order valence-electron chi connectivity index (χ2n) is 9.22. The van der Waals surface area contributed by atoms with Gasteiger partial charge in [-0.1, -0.05) is 54.9 Å². The van der Waals surface area contributed by atoms with Crippen molar-refractivity contribution in [3.63, 3.8) is 0 Å². The Morgan fingerprint density at radius 1 is 0.889 bits per heavy atom. The largest absolute Gasteiger partial charge is 0.354 e. The van der Waals surface area contributed by atoms with Crippen LogP contribution < -0.4 is 5.32 Å². The second kappa shape index (κ2) is 10.6. The van der Waals surface area contributed by atoms with Crippen molar-refractivity contribution in [2.24, 2.45) is 10.8 Å². The van der Waals surface area contributed by atoms with Gasteiger partial charge >= 0.3 is 0 Å². The van der Waals surface area contributed by atoms with Crippen LogP contribution in [0.5, 0.6) is 0 Å². The van der Waals surface area contributed by atoms with Crippen LogP contribution in [-0.4, -0.2) is 47.9 Å². The fourth-order valence-electron chi connectivity index (χ4n) is 2.34. The molecule has 2 amide bonds. The normalized spacial score (nSPS) is 13.0. The van der Waals surface area contributed by atoms with Crippen LogP contribution in [0.3, 0.4) is 0 Å². The summed E-state index contributed by atoms with van der Waals surface area (Å²) < 4.78 is 0. The molecule has 0 fully saturated rings. The van der Waals surface area contributed by atoms with Crippen LogP contribution in [0.4, 0.5) is 0 Å². The van der Waals surface area contributed by atoms with Gasteiger partial charge in [0.05, 0.1) is 0 Å². The van der Waals surface area contributed by atoms with Crippen molar-refractivity contribution in [3.8, 4) is 0 Å². The molecule has 1 N–H and O–H groups in total. The molecule has 0 aliphatic carbocycles. The van der Waals surface area contributed by atoms with Crippen LogP contribution in [0.25, 0.3) is 0 Å². The summed E-state index contributed by atoms with van der Waals surface area (Å²) >= 11 is 0. The predicted molar refractivity (Wildman–Crippen MR) is 107 cm³/mol. The summed E-state index contributed by atoms with van der Waals surface area (Å²) in [5.74, 6) is -0.702. The fraction of sp³-hybridized carbons (Fsp3) is 0.810. The average Bonchev–Trinajstić information content (AvgIpc) is 2.54. The first kappa shape index (κ1) is 25.3. The molecule has 6 heteroatoms. The first-order valence-electron chi connectivity index (χ1n) is 9.81. The number of hydrogen-bond donors (Lipinski definition) is 1. The van der Waals surface area contributed by atoms with Gasteiger partial charge in [0, 0.05) is 43.7 Å². The Morgan fingerprint density at radius 3 is 1.85 bits per heavy atom. The van der Waals surface area contributed by atoms with E-state index >= 15 is 0 Å². The summed E-state index contributed by atoms with van der Waals surface area (Å²) in [6.07, 6.45) is 1.91. The number of carbonyl (C=O) groups excluding carboxylic acids is 4. The maximum absolute atomic E-state index is 12.6. The summed E-state index contributed by atoms with van der Waals surface area (Å²) in [6.45, 7) is 13.4. The van der Waals surface area contributed by atoms with Gasteiger partial charge in [0.1, 0.15) is 17.6 Å². The lowest BCUT2D eigenvalue weighted by atomic mass is 9.86. The van der Waals surface area contributed by atoms with Gasteiger partial charge in [-0.3, -0.25) is 19.2 Å². The third-order valence-corrected chi connectivity index (χ3v) is 4.61. The highest BCUT2D eigenvalue weighted by molar-refractivity contribution is 5.95. The van der Waals surface area contributed by atoms with E-state index in [0.29, 0.717) is 6.54 Å². The van der Waals surface area contributed by atoms with Crippen LogP contribution in [0.15, 0.2) is 0 Å². The fourth-order valence-corrected chi connectivity index (χ4v) is 2.34. The van der Waals surface area contributed by atoms with Gasteiger partial charge in [-0.2, -0.15) is 0 Å². The average molecular weight is 383 g/mol. The van der Waals surface area contributed by atoms with Gasteiger partial charge in [-0.25, -0.2) is 0 Å². The summed E-state index contributed by atoms with van der Waals surface area (Å²) in [7, 11) is 1.53. The number of amides is 2. The summed E-state index contributed by atoms with van der Waals surface area (Å²) in [6, 6.07) is -0.856. The Balaban J connectivity index is 5.16. The molecule has 156 valence electrons. The van der Waals surface area contributed by atoms with Crippen molar-refractivity contribution in [2.45, 2.75) is 86.6 Å². The molecule has 0 heterocycles. The highest BCUT2D eigenvalue weighted by atomic mass is 16.2. The Bertz CT molecular complexity index is 541. The smallest absolute Gasteiger partial charge is 0.243 e. The zero-order valence-electron chi connectivity index (χ0n) is 18.4. The minimum atomic E-state index is -0.856. The van der Waals surface area contributed by atoms with Crippen LogP contribution in [0.1, 0.15) is 80.6 Å². The van der Waals surface area contributed by atoms with Gasteiger partial charge in [0.25, 0.3) is 0 Å². The molecule has 6 nitrogen and oxygen atoms in total. The highest BCUT2D eigenvalue weighted by Gasteiger charge is 2.33. The molecule has 0 saturated carbocycles. The van der Waals surface area contributed by atoms with Crippen LogP contribution >= 0.6 is 0 Å². The highest BCUT2D eigenvalue weighted by Crippen LogP contribution is 2.21. The van der Waals surface area contributed by atoms with Crippen LogP contribution in [0, 0.1) is 10.8 Å². The Hall–Kier alpha value is -1.72. The van der Waals surface area contributed by atoms with Crippen LogP contribution in [0.2, 0.25) is 0 Å².